The Hall–Kier alpha value is -3.35. The SMILES string of the molecule is COC(=O)c1ccc(NC(=O)c2ccc3c(c2)C(=O)CC(C)(C)O3)c(O)c1. The number of Topliss-reactive ketones (excluding diaryl/α,β-unsaturated/α-hetero) is 1. The fourth-order valence-corrected chi connectivity index (χ4v) is 2.87. The third-order valence-electron chi connectivity index (χ3n) is 4.18. The molecule has 0 bridgehead atoms. The third-order valence-corrected chi connectivity index (χ3v) is 4.18. The van der Waals surface area contributed by atoms with Crippen molar-refractivity contribution in [2.45, 2.75) is 25.9 Å². The molecule has 1 heterocycles. The van der Waals surface area contributed by atoms with Gasteiger partial charge in [-0.2, -0.15) is 0 Å². The number of phenols is 1. The van der Waals surface area contributed by atoms with E-state index < -0.39 is 17.5 Å². The molecule has 0 saturated carbocycles. The zero-order chi connectivity index (χ0) is 19.8. The van der Waals surface area contributed by atoms with Gasteiger partial charge >= 0.3 is 5.97 Å². The van der Waals surface area contributed by atoms with Crippen LogP contribution >= 0.6 is 0 Å². The molecule has 1 aliphatic rings. The maximum atomic E-state index is 12.5. The fourth-order valence-electron chi connectivity index (χ4n) is 2.87. The quantitative estimate of drug-likeness (QED) is 0.636. The van der Waals surface area contributed by atoms with Crippen molar-refractivity contribution in [1.29, 1.82) is 0 Å². The number of phenolic OH excluding ortho intramolecular Hbond substituents is 1. The highest BCUT2D eigenvalue weighted by molar-refractivity contribution is 6.08. The summed E-state index contributed by atoms with van der Waals surface area (Å²) in [6, 6.07) is 8.63. The van der Waals surface area contributed by atoms with E-state index >= 15 is 0 Å². The van der Waals surface area contributed by atoms with E-state index in [1.165, 1.54) is 31.4 Å². The summed E-state index contributed by atoms with van der Waals surface area (Å²) in [6.07, 6.45) is 0.223. The average molecular weight is 369 g/mol. The second-order valence-electron chi connectivity index (χ2n) is 6.85. The smallest absolute Gasteiger partial charge is 0.337 e. The summed E-state index contributed by atoms with van der Waals surface area (Å²) >= 11 is 0. The van der Waals surface area contributed by atoms with Crippen LogP contribution in [0, 0.1) is 0 Å². The van der Waals surface area contributed by atoms with Crippen molar-refractivity contribution in [3.63, 3.8) is 0 Å². The lowest BCUT2D eigenvalue weighted by molar-refractivity contribution is 0.0596. The highest BCUT2D eigenvalue weighted by Crippen LogP contribution is 2.34. The molecule has 1 amide bonds. The Kier molecular flexibility index (Phi) is 4.61. The molecule has 2 aromatic carbocycles. The van der Waals surface area contributed by atoms with Gasteiger partial charge in [-0.3, -0.25) is 9.59 Å². The number of anilines is 1. The number of hydrogen-bond donors (Lipinski definition) is 2. The molecule has 0 saturated heterocycles. The van der Waals surface area contributed by atoms with Crippen molar-refractivity contribution >= 4 is 23.3 Å². The summed E-state index contributed by atoms with van der Waals surface area (Å²) in [5.74, 6) is -1.03. The van der Waals surface area contributed by atoms with Crippen LogP contribution in [0.15, 0.2) is 36.4 Å². The van der Waals surface area contributed by atoms with Crippen molar-refractivity contribution in [3.05, 3.63) is 53.1 Å². The van der Waals surface area contributed by atoms with Gasteiger partial charge in [-0.05, 0) is 50.2 Å². The normalized spacial score (nSPS) is 14.7. The zero-order valence-corrected chi connectivity index (χ0v) is 15.2. The predicted molar refractivity (Wildman–Crippen MR) is 97.5 cm³/mol. The van der Waals surface area contributed by atoms with Crippen LogP contribution in [0.3, 0.4) is 0 Å². The minimum Gasteiger partial charge on any atom is -0.506 e. The number of hydrogen-bond acceptors (Lipinski definition) is 6. The van der Waals surface area contributed by atoms with Crippen LogP contribution in [0.5, 0.6) is 11.5 Å². The predicted octanol–water partition coefficient (Wildman–Crippen LogP) is 3.17. The van der Waals surface area contributed by atoms with Crippen LogP contribution in [0.1, 0.15) is 51.3 Å². The van der Waals surface area contributed by atoms with Gasteiger partial charge in [0.25, 0.3) is 5.91 Å². The maximum Gasteiger partial charge on any atom is 0.337 e. The molecule has 2 N–H and O–H groups in total. The number of amides is 1. The molecule has 7 heteroatoms. The minimum absolute atomic E-state index is 0.0961. The largest absolute Gasteiger partial charge is 0.506 e. The Bertz CT molecular complexity index is 947. The van der Waals surface area contributed by atoms with Gasteiger partial charge in [-0.15, -0.1) is 0 Å². The van der Waals surface area contributed by atoms with Gasteiger partial charge in [-0.25, -0.2) is 4.79 Å². The first-order chi connectivity index (χ1) is 12.7. The number of ketones is 1. The van der Waals surface area contributed by atoms with Gasteiger partial charge in [0.15, 0.2) is 5.78 Å². The second-order valence-corrected chi connectivity index (χ2v) is 6.85. The van der Waals surface area contributed by atoms with Crippen LogP contribution < -0.4 is 10.1 Å². The summed E-state index contributed by atoms with van der Waals surface area (Å²) in [6.45, 7) is 3.66. The zero-order valence-electron chi connectivity index (χ0n) is 15.2. The van der Waals surface area contributed by atoms with Crippen LogP contribution in [-0.2, 0) is 4.74 Å². The van der Waals surface area contributed by atoms with E-state index in [0.717, 1.165) is 0 Å². The van der Waals surface area contributed by atoms with E-state index in [-0.39, 0.29) is 34.8 Å². The molecule has 0 radical (unpaired) electrons. The van der Waals surface area contributed by atoms with Gasteiger partial charge in [0.05, 0.1) is 30.3 Å². The minimum atomic E-state index is -0.598. The summed E-state index contributed by atoms with van der Waals surface area (Å²) < 4.78 is 10.3. The molecule has 0 spiro atoms. The number of carbonyl (C=O) groups excluding carboxylic acids is 3. The van der Waals surface area contributed by atoms with Crippen LogP contribution in [-0.4, -0.2) is 35.5 Å². The van der Waals surface area contributed by atoms with Crippen LogP contribution in [0.25, 0.3) is 0 Å². The first kappa shape index (κ1) is 18.4. The van der Waals surface area contributed by atoms with Gasteiger partial charge < -0.3 is 19.9 Å². The number of esters is 1. The van der Waals surface area contributed by atoms with Crippen molar-refractivity contribution in [1.82, 2.24) is 0 Å². The molecule has 27 heavy (non-hydrogen) atoms. The Labute approximate surface area is 155 Å². The van der Waals surface area contributed by atoms with E-state index in [1.54, 1.807) is 12.1 Å². The lowest BCUT2D eigenvalue weighted by atomic mass is 9.92. The molecule has 3 rings (SSSR count). The number of nitrogens with one attached hydrogen (secondary N) is 1. The molecule has 0 atom stereocenters. The second kappa shape index (κ2) is 6.75. The summed E-state index contributed by atoms with van der Waals surface area (Å²) in [4.78, 5) is 36.3. The number of benzene rings is 2. The number of rotatable bonds is 3. The summed E-state index contributed by atoms with van der Waals surface area (Å²) in [7, 11) is 1.23. The first-order valence-corrected chi connectivity index (χ1v) is 8.29. The van der Waals surface area contributed by atoms with Crippen molar-refractivity contribution in [3.8, 4) is 11.5 Å². The maximum absolute atomic E-state index is 12.5. The molecular formula is C20H19NO6. The fraction of sp³-hybridized carbons (Fsp3) is 0.250. The van der Waals surface area contributed by atoms with Gasteiger partial charge in [0.1, 0.15) is 17.1 Å². The molecule has 1 aliphatic heterocycles. The molecule has 0 fully saturated rings. The highest BCUT2D eigenvalue weighted by atomic mass is 16.5. The topological polar surface area (TPSA) is 102 Å². The van der Waals surface area contributed by atoms with E-state index in [2.05, 4.69) is 10.1 Å². The molecular weight excluding hydrogens is 350 g/mol. The molecule has 7 nitrogen and oxygen atoms in total. The lowest BCUT2D eigenvalue weighted by Gasteiger charge is -2.31. The lowest BCUT2D eigenvalue weighted by Crippen LogP contribution is -2.36. The Morgan fingerprint density at radius 2 is 1.85 bits per heavy atom. The summed E-state index contributed by atoms with van der Waals surface area (Å²) in [5.41, 5.74) is 0.316. The van der Waals surface area contributed by atoms with Crippen molar-refractivity contribution < 1.29 is 29.0 Å². The standard InChI is InChI=1S/C20H19NO6/c1-20(2)10-16(23)13-8-11(5-7-17(13)27-20)18(24)21-14-6-4-12(9-15(14)22)19(25)26-3/h4-9,22H,10H2,1-3H3,(H,21,24). The van der Waals surface area contributed by atoms with Gasteiger partial charge in [0, 0.05) is 5.56 Å². The molecule has 0 aromatic heterocycles. The molecule has 140 valence electrons. The number of aromatic hydroxyl groups is 1. The Morgan fingerprint density at radius 1 is 1.15 bits per heavy atom. The number of carbonyl (C=O) groups is 3. The van der Waals surface area contributed by atoms with Crippen LogP contribution in [0.2, 0.25) is 0 Å². The van der Waals surface area contributed by atoms with E-state index in [0.29, 0.717) is 11.3 Å². The average Bonchev–Trinajstić information content (AvgIpc) is 2.61. The van der Waals surface area contributed by atoms with Gasteiger partial charge in [-0.1, -0.05) is 0 Å². The number of ether oxygens (including phenoxy) is 2. The van der Waals surface area contributed by atoms with Crippen molar-refractivity contribution in [2.75, 3.05) is 12.4 Å². The van der Waals surface area contributed by atoms with E-state index in [1.807, 2.05) is 13.8 Å². The number of fused-ring (bicyclic) bond motifs is 1. The van der Waals surface area contributed by atoms with E-state index in [4.69, 9.17) is 4.74 Å². The first-order valence-electron chi connectivity index (χ1n) is 8.29. The summed E-state index contributed by atoms with van der Waals surface area (Å²) in [5, 5.41) is 12.6. The molecule has 2 aromatic rings. The van der Waals surface area contributed by atoms with Crippen LogP contribution in [0.4, 0.5) is 5.69 Å². The number of methoxy groups -OCH3 is 1. The third kappa shape index (κ3) is 3.76. The van der Waals surface area contributed by atoms with E-state index in [9.17, 15) is 19.5 Å². The van der Waals surface area contributed by atoms with Crippen molar-refractivity contribution in [2.24, 2.45) is 0 Å². The van der Waals surface area contributed by atoms with Gasteiger partial charge in [0.2, 0.25) is 0 Å². The highest BCUT2D eigenvalue weighted by Gasteiger charge is 2.32. The Morgan fingerprint density at radius 3 is 2.52 bits per heavy atom. The molecule has 0 aliphatic carbocycles. The monoisotopic (exact) mass is 369 g/mol. The Balaban J connectivity index is 1.83. The molecule has 0 unspecified atom stereocenters.